The van der Waals surface area contributed by atoms with Gasteiger partial charge < -0.3 is 19.1 Å². The SMILES string of the molecule is CS(=O)(=O)c1cc(F)c(O[C@@H]2CCN(C3CCN(c4noc(C(F)(F)F)n4)CC3)C2=O)cc1F. The second kappa shape index (κ2) is 8.67. The first kappa shape index (κ1) is 24.2. The third-order valence-corrected chi connectivity index (χ3v) is 6.80. The minimum atomic E-state index is -4.74. The Morgan fingerprint density at radius 1 is 1.09 bits per heavy atom. The number of hydrogen-bond acceptors (Lipinski definition) is 8. The highest BCUT2D eigenvalue weighted by atomic mass is 32.2. The summed E-state index contributed by atoms with van der Waals surface area (Å²) in [6.07, 6.45) is -4.05. The number of sulfone groups is 1. The highest BCUT2D eigenvalue weighted by Crippen LogP contribution is 2.32. The second-order valence-electron chi connectivity index (χ2n) is 8.03. The maximum Gasteiger partial charge on any atom is 0.471 e. The first-order valence-corrected chi connectivity index (χ1v) is 12.1. The molecule has 0 radical (unpaired) electrons. The maximum absolute atomic E-state index is 14.3. The summed E-state index contributed by atoms with van der Waals surface area (Å²) in [5.41, 5.74) is 0. The molecule has 1 aromatic carbocycles. The van der Waals surface area contributed by atoms with Gasteiger partial charge in [-0.3, -0.25) is 4.79 Å². The lowest BCUT2D eigenvalue weighted by molar-refractivity contribution is -0.159. The van der Waals surface area contributed by atoms with Crippen LogP contribution in [0.15, 0.2) is 21.6 Å². The molecule has 2 fully saturated rings. The maximum atomic E-state index is 14.3. The molecule has 2 saturated heterocycles. The minimum absolute atomic E-state index is 0.185. The summed E-state index contributed by atoms with van der Waals surface area (Å²) in [7, 11) is -3.98. The number of ether oxygens (including phenoxy) is 1. The molecule has 2 aliphatic rings. The summed E-state index contributed by atoms with van der Waals surface area (Å²) in [5, 5.41) is 3.35. The van der Waals surface area contributed by atoms with Crippen molar-refractivity contribution in [3.05, 3.63) is 29.7 Å². The van der Waals surface area contributed by atoms with Gasteiger partial charge in [-0.05, 0) is 24.1 Å². The fourth-order valence-corrected chi connectivity index (χ4v) is 4.75. The van der Waals surface area contributed by atoms with Gasteiger partial charge in [-0.1, -0.05) is 0 Å². The summed E-state index contributed by atoms with van der Waals surface area (Å²) >= 11 is 0. The van der Waals surface area contributed by atoms with Gasteiger partial charge in [0.1, 0.15) is 10.7 Å². The van der Waals surface area contributed by atoms with Crippen LogP contribution in [-0.2, 0) is 20.8 Å². The lowest BCUT2D eigenvalue weighted by Gasteiger charge is -2.36. The van der Waals surface area contributed by atoms with Gasteiger partial charge in [-0.25, -0.2) is 17.2 Å². The van der Waals surface area contributed by atoms with Gasteiger partial charge in [0.05, 0.1) is 0 Å². The highest BCUT2D eigenvalue weighted by Gasteiger charge is 2.41. The van der Waals surface area contributed by atoms with Crippen molar-refractivity contribution in [3.8, 4) is 5.75 Å². The van der Waals surface area contributed by atoms with Crippen LogP contribution in [0.2, 0.25) is 0 Å². The van der Waals surface area contributed by atoms with Crippen LogP contribution in [0.25, 0.3) is 0 Å². The van der Waals surface area contributed by atoms with Crippen molar-refractivity contribution in [2.45, 2.75) is 42.5 Å². The quantitative estimate of drug-likeness (QED) is 0.565. The van der Waals surface area contributed by atoms with E-state index in [2.05, 4.69) is 14.7 Å². The standard InChI is InChI=1S/C19H19F5N4O5S/c1-34(30,31)15-9-11(20)14(8-12(15)21)32-13-4-7-28(16(13)29)10-2-5-27(6-3-10)18-25-17(33-26-18)19(22,23)24/h8-10,13H,2-7H2,1H3/t13-/m1/s1. The average molecular weight is 510 g/mol. The lowest BCUT2D eigenvalue weighted by atomic mass is 10.0. The fourth-order valence-electron chi connectivity index (χ4n) is 4.02. The number of alkyl halides is 3. The molecule has 34 heavy (non-hydrogen) atoms. The van der Waals surface area contributed by atoms with Gasteiger partial charge in [0.25, 0.3) is 11.9 Å². The van der Waals surface area contributed by atoms with Crippen LogP contribution < -0.4 is 9.64 Å². The molecule has 1 amide bonds. The minimum Gasteiger partial charge on any atom is -0.477 e. The Bertz CT molecular complexity index is 1190. The molecule has 0 unspecified atom stereocenters. The molecule has 4 rings (SSSR count). The molecule has 15 heteroatoms. The molecule has 0 spiro atoms. The predicted molar refractivity (Wildman–Crippen MR) is 105 cm³/mol. The summed E-state index contributed by atoms with van der Waals surface area (Å²) in [6, 6.07) is 0.871. The van der Waals surface area contributed by atoms with Crippen LogP contribution in [-0.4, -0.2) is 67.4 Å². The Hall–Kier alpha value is -2.97. The summed E-state index contributed by atoms with van der Waals surface area (Å²) in [4.78, 5) is 18.4. The predicted octanol–water partition coefficient (Wildman–Crippen LogP) is 2.42. The number of carbonyl (C=O) groups excluding carboxylic acids is 1. The molecular weight excluding hydrogens is 491 g/mol. The van der Waals surface area contributed by atoms with E-state index in [0.717, 1.165) is 6.26 Å². The molecule has 9 nitrogen and oxygen atoms in total. The van der Waals surface area contributed by atoms with Crippen molar-refractivity contribution in [2.75, 3.05) is 30.8 Å². The van der Waals surface area contributed by atoms with E-state index in [1.165, 1.54) is 4.90 Å². The monoisotopic (exact) mass is 510 g/mol. The van der Waals surface area contributed by atoms with Crippen LogP contribution in [0.3, 0.4) is 0 Å². The normalized spacial score (nSPS) is 20.3. The van der Waals surface area contributed by atoms with Crippen molar-refractivity contribution in [2.24, 2.45) is 0 Å². The van der Waals surface area contributed by atoms with E-state index in [1.54, 1.807) is 4.90 Å². The molecule has 3 heterocycles. The van der Waals surface area contributed by atoms with Gasteiger partial charge in [0.15, 0.2) is 27.5 Å². The number of amides is 1. The number of anilines is 1. The third-order valence-electron chi connectivity index (χ3n) is 5.69. The molecule has 0 bridgehead atoms. The molecule has 0 N–H and O–H groups in total. The van der Waals surface area contributed by atoms with Crippen LogP contribution in [0.4, 0.5) is 27.9 Å². The van der Waals surface area contributed by atoms with Gasteiger partial charge in [-0.2, -0.15) is 18.2 Å². The van der Waals surface area contributed by atoms with E-state index < -0.39 is 56.2 Å². The molecule has 2 aromatic rings. The number of halogens is 5. The highest BCUT2D eigenvalue weighted by molar-refractivity contribution is 7.90. The first-order valence-electron chi connectivity index (χ1n) is 10.2. The van der Waals surface area contributed by atoms with Gasteiger partial charge in [0, 0.05) is 44.4 Å². The second-order valence-corrected chi connectivity index (χ2v) is 10.0. The molecule has 1 atom stereocenters. The van der Waals surface area contributed by atoms with Crippen LogP contribution >= 0.6 is 0 Å². The van der Waals surface area contributed by atoms with Gasteiger partial charge >= 0.3 is 12.1 Å². The number of benzene rings is 1. The lowest BCUT2D eigenvalue weighted by Crippen LogP contribution is -2.47. The van der Waals surface area contributed by atoms with Crippen molar-refractivity contribution in [1.82, 2.24) is 15.0 Å². The fraction of sp³-hybridized carbons (Fsp3) is 0.526. The Morgan fingerprint density at radius 2 is 1.76 bits per heavy atom. The van der Waals surface area contributed by atoms with E-state index >= 15 is 0 Å². The summed E-state index contributed by atoms with van der Waals surface area (Å²) < 4.78 is 99.0. The Labute approximate surface area is 190 Å². The van der Waals surface area contributed by atoms with E-state index in [-0.39, 0.29) is 31.5 Å². The van der Waals surface area contributed by atoms with Crippen LogP contribution in [0, 0.1) is 11.6 Å². The first-order chi connectivity index (χ1) is 15.8. The Morgan fingerprint density at radius 3 is 2.35 bits per heavy atom. The number of piperidine rings is 1. The summed E-state index contributed by atoms with van der Waals surface area (Å²) in [6.45, 7) is 0.854. The number of nitrogens with zero attached hydrogens (tertiary/aromatic N) is 4. The zero-order chi connectivity index (χ0) is 24.8. The van der Waals surface area contributed by atoms with E-state index in [1.807, 2.05) is 0 Å². The average Bonchev–Trinajstić information content (AvgIpc) is 3.38. The number of rotatable bonds is 5. The van der Waals surface area contributed by atoms with Crippen molar-refractivity contribution < 1.29 is 44.4 Å². The topological polar surface area (TPSA) is 106 Å². The third kappa shape index (κ3) is 4.79. The molecule has 186 valence electrons. The molecule has 1 aromatic heterocycles. The molecule has 2 aliphatic heterocycles. The number of carbonyl (C=O) groups is 1. The van der Waals surface area contributed by atoms with E-state index in [0.29, 0.717) is 31.5 Å². The Kier molecular flexibility index (Phi) is 6.16. The summed E-state index contributed by atoms with van der Waals surface area (Å²) in [5.74, 6) is -4.94. The van der Waals surface area contributed by atoms with Crippen LogP contribution in [0.1, 0.15) is 25.2 Å². The van der Waals surface area contributed by atoms with Gasteiger partial charge in [0.2, 0.25) is 0 Å². The van der Waals surface area contributed by atoms with Crippen molar-refractivity contribution >= 4 is 21.7 Å². The number of aromatic nitrogens is 2. The number of likely N-dealkylation sites (tertiary alicyclic amines) is 1. The van der Waals surface area contributed by atoms with E-state index in [4.69, 9.17) is 4.74 Å². The number of hydrogen-bond donors (Lipinski definition) is 0. The van der Waals surface area contributed by atoms with Crippen molar-refractivity contribution in [1.29, 1.82) is 0 Å². The van der Waals surface area contributed by atoms with Crippen LogP contribution in [0.5, 0.6) is 5.75 Å². The van der Waals surface area contributed by atoms with Gasteiger partial charge in [-0.15, -0.1) is 0 Å². The molecule has 0 aliphatic carbocycles. The van der Waals surface area contributed by atoms with E-state index in [9.17, 15) is 35.2 Å². The smallest absolute Gasteiger partial charge is 0.471 e. The molecule has 0 saturated carbocycles. The zero-order valence-corrected chi connectivity index (χ0v) is 18.5. The largest absolute Gasteiger partial charge is 0.477 e. The Balaban J connectivity index is 1.37. The molecular formula is C19H19F5N4O5S. The zero-order valence-electron chi connectivity index (χ0n) is 17.7. The van der Waals surface area contributed by atoms with Crippen molar-refractivity contribution in [3.63, 3.8) is 0 Å².